The lowest BCUT2D eigenvalue weighted by atomic mass is 9.82. The molecule has 14 nitrogen and oxygen atoms in total. The van der Waals surface area contributed by atoms with Crippen LogP contribution >= 0.6 is 0 Å². The van der Waals surface area contributed by atoms with Crippen LogP contribution < -0.4 is 10.6 Å². The number of fused-ring (bicyclic) bond motifs is 4. The number of ether oxygens (including phenoxy) is 2. The first-order valence-corrected chi connectivity index (χ1v) is 23.5. The van der Waals surface area contributed by atoms with Gasteiger partial charge in [-0.15, -0.1) is 0 Å². The summed E-state index contributed by atoms with van der Waals surface area (Å²) in [6, 6.07) is 13.6. The van der Waals surface area contributed by atoms with E-state index in [2.05, 4.69) is 70.0 Å². The Morgan fingerprint density at radius 3 is 2.23 bits per heavy atom. The monoisotopic (exact) mass is 870 g/mol. The molecule has 3 fully saturated rings. The van der Waals surface area contributed by atoms with Crippen LogP contribution in [0, 0.1) is 11.8 Å². The van der Waals surface area contributed by atoms with Crippen LogP contribution in [0.2, 0.25) is 0 Å². The number of carbonyl (C=O) groups is 4. The predicted molar refractivity (Wildman–Crippen MR) is 245 cm³/mol. The minimum Gasteiger partial charge on any atom is -0.453 e. The highest BCUT2D eigenvalue weighted by atomic mass is 16.5. The number of hydrogen-bond acceptors (Lipinski definition) is 8. The Morgan fingerprint density at radius 2 is 1.48 bits per heavy atom. The fourth-order valence-corrected chi connectivity index (χ4v) is 11.2. The molecular weight excluding hydrogens is 809 g/mol. The molecule has 5 atom stereocenters. The lowest BCUT2D eigenvalue weighted by Crippen LogP contribution is -2.52. The second-order valence-corrected chi connectivity index (χ2v) is 18.8. The molecule has 2 aliphatic heterocycles. The summed E-state index contributed by atoms with van der Waals surface area (Å²) in [7, 11) is 2.65. The molecule has 4 amide bonds. The smallest absolute Gasteiger partial charge is 0.407 e. The second kappa shape index (κ2) is 18.3. The van der Waals surface area contributed by atoms with Crippen molar-refractivity contribution in [1.29, 1.82) is 0 Å². The predicted octanol–water partition coefficient (Wildman–Crippen LogP) is 9.05. The van der Waals surface area contributed by atoms with Gasteiger partial charge in [-0.3, -0.25) is 9.59 Å². The lowest BCUT2D eigenvalue weighted by Gasteiger charge is -2.34. The Balaban J connectivity index is 0.976. The maximum atomic E-state index is 14.2. The highest BCUT2D eigenvalue weighted by Crippen LogP contribution is 2.42. The molecule has 0 bridgehead atoms. The molecule has 4 N–H and O–H groups in total. The van der Waals surface area contributed by atoms with Gasteiger partial charge in [0, 0.05) is 23.5 Å². The van der Waals surface area contributed by atoms with E-state index in [1.54, 1.807) is 0 Å². The number of H-pyrrole nitrogens is 2. The zero-order valence-electron chi connectivity index (χ0n) is 37.8. The Hall–Kier alpha value is -5.92. The van der Waals surface area contributed by atoms with Gasteiger partial charge in [-0.2, -0.15) is 0 Å². The van der Waals surface area contributed by atoms with E-state index in [-0.39, 0.29) is 41.8 Å². The number of hydrogen-bond donors (Lipinski definition) is 4. The Kier molecular flexibility index (Phi) is 12.4. The van der Waals surface area contributed by atoms with Gasteiger partial charge in [0.25, 0.3) is 0 Å². The maximum Gasteiger partial charge on any atom is 0.407 e. The number of nitrogens with one attached hydrogen (secondary N) is 4. The molecule has 4 aliphatic rings. The van der Waals surface area contributed by atoms with E-state index >= 15 is 0 Å². The second-order valence-electron chi connectivity index (χ2n) is 18.8. The zero-order chi connectivity index (χ0) is 44.6. The fraction of sp³-hybridized carbons (Fsp3) is 0.520. The first-order chi connectivity index (χ1) is 31.0. The van der Waals surface area contributed by atoms with Gasteiger partial charge >= 0.3 is 12.2 Å². The van der Waals surface area contributed by atoms with E-state index in [1.807, 2.05) is 29.8 Å². The molecule has 9 rings (SSSR count). The molecule has 2 saturated heterocycles. The highest BCUT2D eigenvalue weighted by Gasteiger charge is 2.42. The summed E-state index contributed by atoms with van der Waals surface area (Å²) in [5.41, 5.74) is 9.01. The third kappa shape index (κ3) is 8.20. The van der Waals surface area contributed by atoms with Crippen LogP contribution in [0.3, 0.4) is 0 Å². The normalized spacial score (nSPS) is 21.2. The van der Waals surface area contributed by atoms with E-state index in [4.69, 9.17) is 19.4 Å². The van der Waals surface area contributed by atoms with Crippen LogP contribution in [0.4, 0.5) is 9.59 Å². The number of aromatic amines is 2. The van der Waals surface area contributed by atoms with Crippen molar-refractivity contribution in [3.63, 3.8) is 0 Å². The molecular formula is C50H62N8O6. The van der Waals surface area contributed by atoms with Crippen molar-refractivity contribution in [2.24, 2.45) is 11.8 Å². The molecule has 2 aliphatic carbocycles. The summed E-state index contributed by atoms with van der Waals surface area (Å²) >= 11 is 0. The third-order valence-electron chi connectivity index (χ3n) is 14.5. The molecule has 0 unspecified atom stereocenters. The van der Waals surface area contributed by atoms with Gasteiger partial charge in [0.2, 0.25) is 11.8 Å². The average molecular weight is 871 g/mol. The fourth-order valence-electron chi connectivity index (χ4n) is 11.2. The van der Waals surface area contributed by atoms with Gasteiger partial charge < -0.3 is 39.9 Å². The van der Waals surface area contributed by atoms with Gasteiger partial charge in [-0.05, 0) is 123 Å². The van der Waals surface area contributed by atoms with E-state index in [0.29, 0.717) is 6.54 Å². The highest BCUT2D eigenvalue weighted by molar-refractivity contribution is 6.05. The van der Waals surface area contributed by atoms with Crippen molar-refractivity contribution in [2.75, 3.05) is 20.8 Å². The summed E-state index contributed by atoms with van der Waals surface area (Å²) < 4.78 is 9.79. The van der Waals surface area contributed by atoms with Crippen molar-refractivity contribution in [1.82, 2.24) is 40.4 Å². The zero-order valence-corrected chi connectivity index (χ0v) is 37.8. The minimum absolute atomic E-state index is 0.00588. The first kappa shape index (κ1) is 43.3. The quantitative estimate of drug-likeness (QED) is 0.108. The van der Waals surface area contributed by atoms with Crippen molar-refractivity contribution >= 4 is 45.8 Å². The van der Waals surface area contributed by atoms with Gasteiger partial charge in [0.1, 0.15) is 23.7 Å². The van der Waals surface area contributed by atoms with Crippen LogP contribution in [0.1, 0.15) is 126 Å². The lowest BCUT2D eigenvalue weighted by molar-refractivity contribution is -0.137. The van der Waals surface area contributed by atoms with E-state index in [9.17, 15) is 19.2 Å². The van der Waals surface area contributed by atoms with Crippen LogP contribution in [0.15, 0.2) is 48.7 Å². The van der Waals surface area contributed by atoms with Crippen LogP contribution in [-0.4, -0.2) is 92.6 Å². The molecule has 0 spiro atoms. The van der Waals surface area contributed by atoms with Gasteiger partial charge in [0.15, 0.2) is 0 Å². The Labute approximate surface area is 374 Å². The summed E-state index contributed by atoms with van der Waals surface area (Å²) in [5.74, 6) is 1.34. The van der Waals surface area contributed by atoms with Crippen LogP contribution in [0.25, 0.3) is 44.2 Å². The van der Waals surface area contributed by atoms with Crippen LogP contribution in [0.5, 0.6) is 0 Å². The van der Waals surface area contributed by atoms with E-state index in [0.717, 1.165) is 134 Å². The van der Waals surface area contributed by atoms with Crippen molar-refractivity contribution in [3.05, 3.63) is 71.4 Å². The maximum absolute atomic E-state index is 14.2. The number of likely N-dealkylation sites (tertiary alicyclic amines) is 2. The number of imidazole rings is 2. The molecule has 5 aromatic rings. The number of amides is 4. The summed E-state index contributed by atoms with van der Waals surface area (Å²) in [4.78, 5) is 73.9. The molecule has 338 valence electrons. The largest absolute Gasteiger partial charge is 0.453 e. The standard InChI is InChI=1S/C50H62N8O6/c1-28(2)42(55-49(61)63-4)48(60)58-29(3)17-24-41(58)46-52-38-23-19-32-26-31(18-20-34(32)44(38)54-46)33-21-22-37(36-15-10-9-14-35(33)36)39-27-51-45(53-39)40-16-11-25-57(40)47(59)43(56-50(62)64-5)30-12-7-6-8-13-30/h18-23,26-30,40-43H,6-17,24-25H2,1-5H3,(H,51,53)(H,52,54)(H,55,61)(H,56,62)/t29-,40-,41-,42-,43-/m0/s1. The Morgan fingerprint density at radius 1 is 0.750 bits per heavy atom. The first-order valence-electron chi connectivity index (χ1n) is 23.5. The van der Waals surface area contributed by atoms with Crippen LogP contribution in [-0.2, 0) is 31.9 Å². The third-order valence-corrected chi connectivity index (χ3v) is 14.5. The van der Waals surface area contributed by atoms with E-state index < -0.39 is 24.3 Å². The Bertz CT molecular complexity index is 2560. The number of methoxy groups -OCH3 is 2. The van der Waals surface area contributed by atoms with Gasteiger partial charge in [0.05, 0.1) is 49.2 Å². The molecule has 0 radical (unpaired) electrons. The molecule has 2 aromatic heterocycles. The summed E-state index contributed by atoms with van der Waals surface area (Å²) in [5, 5.41) is 7.79. The number of benzene rings is 3. The topological polar surface area (TPSA) is 175 Å². The molecule has 4 heterocycles. The molecule has 14 heteroatoms. The molecule has 1 saturated carbocycles. The van der Waals surface area contributed by atoms with Gasteiger partial charge in [-0.25, -0.2) is 19.6 Å². The van der Waals surface area contributed by atoms with Crippen molar-refractivity contribution in [2.45, 2.75) is 134 Å². The van der Waals surface area contributed by atoms with Crippen molar-refractivity contribution in [3.8, 4) is 22.4 Å². The van der Waals surface area contributed by atoms with Crippen molar-refractivity contribution < 1.29 is 28.7 Å². The summed E-state index contributed by atoms with van der Waals surface area (Å²) in [6.45, 7) is 6.53. The van der Waals surface area contributed by atoms with E-state index in [1.165, 1.54) is 30.9 Å². The number of rotatable bonds is 10. The number of aromatic nitrogens is 4. The number of nitrogens with zero attached hydrogens (tertiary/aromatic N) is 4. The minimum atomic E-state index is -0.709. The summed E-state index contributed by atoms with van der Waals surface area (Å²) in [6.07, 6.45) is 13.4. The number of carbonyl (C=O) groups excluding carboxylic acids is 4. The molecule has 64 heavy (non-hydrogen) atoms. The number of alkyl carbamates (subject to hydrolysis) is 2. The average Bonchev–Trinajstić information content (AvgIpc) is 4.16. The molecule has 3 aromatic carbocycles. The van der Waals surface area contributed by atoms with Gasteiger partial charge in [-0.1, -0.05) is 63.4 Å². The SMILES string of the molecule is COC(=O)N[C@H](C(=O)N1[C@@H](C)CC[C@H]1c1nc2c(ccc3cc(-c4ccc(-c5cnc([C@@H]6CCCN6C(=O)[C@@H](NC(=O)OC)C6CCCCC6)[nH]5)c5c4CCCC5)ccc32)[nH]1)C(C)C.